The van der Waals surface area contributed by atoms with Crippen molar-refractivity contribution in [2.24, 2.45) is 4.99 Å². The van der Waals surface area contributed by atoms with Gasteiger partial charge in [0.2, 0.25) is 0 Å². The Balaban J connectivity index is 2.70. The molecule has 0 aromatic heterocycles. The van der Waals surface area contributed by atoms with E-state index in [0.29, 0.717) is 12.1 Å². The van der Waals surface area contributed by atoms with Crippen LogP contribution in [0.5, 0.6) is 0 Å². The van der Waals surface area contributed by atoms with E-state index in [2.05, 4.69) is 34.8 Å². The molecule has 140 valence electrons. The zero-order chi connectivity index (χ0) is 18.7. The molecule has 0 radical (unpaired) electrons. The first-order valence-corrected chi connectivity index (χ1v) is 9.29. The van der Waals surface area contributed by atoms with E-state index in [0.717, 1.165) is 31.0 Å². The van der Waals surface area contributed by atoms with Gasteiger partial charge in [-0.25, -0.2) is 4.99 Å². The van der Waals surface area contributed by atoms with Crippen molar-refractivity contribution >= 4 is 11.9 Å². The molecule has 25 heavy (non-hydrogen) atoms. The van der Waals surface area contributed by atoms with Gasteiger partial charge in [0.05, 0.1) is 6.54 Å². The number of unbranched alkanes of at least 4 members (excludes halogenated alkanes) is 2. The summed E-state index contributed by atoms with van der Waals surface area (Å²) >= 11 is 0. The number of hydrogen-bond donors (Lipinski definition) is 3. The number of benzene rings is 1. The average Bonchev–Trinajstić information content (AvgIpc) is 2.55. The lowest BCUT2D eigenvalue weighted by molar-refractivity contribution is 0.0919. The number of amides is 1. The predicted octanol–water partition coefficient (Wildman–Crippen LogP) is 3.46. The molecule has 1 rings (SSSR count). The van der Waals surface area contributed by atoms with E-state index in [-0.39, 0.29) is 11.4 Å². The number of nitrogens with one attached hydrogen (secondary N) is 3. The maximum absolute atomic E-state index is 12.3. The van der Waals surface area contributed by atoms with Gasteiger partial charge < -0.3 is 16.0 Å². The first-order valence-electron chi connectivity index (χ1n) is 9.29. The van der Waals surface area contributed by atoms with Crippen molar-refractivity contribution in [3.05, 3.63) is 35.4 Å². The summed E-state index contributed by atoms with van der Waals surface area (Å²) in [5.74, 6) is 0.770. The summed E-state index contributed by atoms with van der Waals surface area (Å²) in [6, 6.07) is 7.65. The van der Waals surface area contributed by atoms with E-state index < -0.39 is 0 Å². The minimum atomic E-state index is -0.244. The number of hydrogen-bond acceptors (Lipinski definition) is 2. The van der Waals surface area contributed by atoms with Gasteiger partial charge >= 0.3 is 0 Å². The van der Waals surface area contributed by atoms with E-state index >= 15 is 0 Å². The summed E-state index contributed by atoms with van der Waals surface area (Å²) in [5.41, 5.74) is 1.45. The van der Waals surface area contributed by atoms with Crippen LogP contribution in [0.4, 0.5) is 0 Å². The molecular weight excluding hydrogens is 312 g/mol. The van der Waals surface area contributed by atoms with Crippen LogP contribution >= 0.6 is 0 Å². The third-order valence-corrected chi connectivity index (χ3v) is 3.51. The van der Waals surface area contributed by atoms with Crippen LogP contribution in [0.15, 0.2) is 29.3 Å². The van der Waals surface area contributed by atoms with E-state index in [1.165, 1.54) is 12.8 Å². The number of rotatable bonds is 8. The molecule has 0 unspecified atom stereocenters. The number of nitrogens with zero attached hydrogens (tertiary/aromatic N) is 1. The molecule has 0 saturated heterocycles. The second-order valence-corrected chi connectivity index (χ2v) is 7.23. The van der Waals surface area contributed by atoms with Crippen LogP contribution in [0.25, 0.3) is 0 Å². The van der Waals surface area contributed by atoms with E-state index in [1.54, 1.807) is 0 Å². The molecule has 0 saturated carbocycles. The highest BCUT2D eigenvalue weighted by Gasteiger charge is 2.15. The third-order valence-electron chi connectivity index (χ3n) is 3.51. The Hall–Kier alpha value is -2.04. The number of guanidine groups is 1. The van der Waals surface area contributed by atoms with E-state index in [9.17, 15) is 4.79 Å². The summed E-state index contributed by atoms with van der Waals surface area (Å²) in [6.45, 7) is 12.5. The molecule has 0 spiro atoms. The second-order valence-electron chi connectivity index (χ2n) is 7.23. The molecule has 0 aliphatic heterocycles. The van der Waals surface area contributed by atoms with Crippen LogP contribution in [-0.4, -0.2) is 30.5 Å². The number of carbonyl (C=O) groups excluding carboxylic acids is 1. The zero-order valence-corrected chi connectivity index (χ0v) is 16.4. The zero-order valence-electron chi connectivity index (χ0n) is 16.4. The topological polar surface area (TPSA) is 65.5 Å². The average molecular weight is 347 g/mol. The van der Waals surface area contributed by atoms with Gasteiger partial charge in [-0.3, -0.25) is 4.79 Å². The monoisotopic (exact) mass is 346 g/mol. The molecule has 1 aromatic rings. The SMILES string of the molecule is CCCCCNC(=NCc1cccc(C(=O)NC(C)(C)C)c1)NCC. The van der Waals surface area contributed by atoms with Crippen LogP contribution in [0.2, 0.25) is 0 Å². The van der Waals surface area contributed by atoms with Crippen LogP contribution < -0.4 is 16.0 Å². The quantitative estimate of drug-likeness (QED) is 0.384. The third kappa shape index (κ3) is 9.13. The lowest BCUT2D eigenvalue weighted by Crippen LogP contribution is -2.40. The molecule has 3 N–H and O–H groups in total. The Kier molecular flexibility index (Phi) is 9.03. The van der Waals surface area contributed by atoms with Crippen molar-refractivity contribution in [2.45, 2.75) is 66.0 Å². The van der Waals surface area contributed by atoms with Crippen molar-refractivity contribution in [2.75, 3.05) is 13.1 Å². The maximum atomic E-state index is 12.3. The fraction of sp³-hybridized carbons (Fsp3) is 0.600. The highest BCUT2D eigenvalue weighted by Crippen LogP contribution is 2.09. The van der Waals surface area contributed by atoms with Gasteiger partial charge in [-0.1, -0.05) is 31.9 Å². The molecule has 1 aromatic carbocycles. The molecular formula is C20H34N4O. The molecule has 0 fully saturated rings. The Labute approximate surface area is 152 Å². The second kappa shape index (κ2) is 10.7. The van der Waals surface area contributed by atoms with Crippen LogP contribution in [-0.2, 0) is 6.54 Å². The summed E-state index contributed by atoms with van der Waals surface area (Å²) in [4.78, 5) is 16.9. The molecule has 5 heteroatoms. The van der Waals surface area contributed by atoms with E-state index in [4.69, 9.17) is 0 Å². The van der Waals surface area contributed by atoms with Gasteiger partial charge in [0.15, 0.2) is 5.96 Å². The van der Waals surface area contributed by atoms with Crippen molar-refractivity contribution in [1.29, 1.82) is 0 Å². The normalized spacial score (nSPS) is 12.0. The van der Waals surface area contributed by atoms with Crippen molar-refractivity contribution in [1.82, 2.24) is 16.0 Å². The Morgan fingerprint density at radius 1 is 1.12 bits per heavy atom. The van der Waals surface area contributed by atoms with Gasteiger partial charge in [0, 0.05) is 24.2 Å². The summed E-state index contributed by atoms with van der Waals surface area (Å²) in [5, 5.41) is 9.60. The Morgan fingerprint density at radius 2 is 1.88 bits per heavy atom. The van der Waals surface area contributed by atoms with Crippen molar-refractivity contribution in [3.8, 4) is 0 Å². The highest BCUT2D eigenvalue weighted by atomic mass is 16.1. The molecule has 1 amide bonds. The molecule has 0 heterocycles. The van der Waals surface area contributed by atoms with Gasteiger partial charge in [-0.05, 0) is 51.8 Å². The largest absolute Gasteiger partial charge is 0.357 e. The predicted molar refractivity (Wildman–Crippen MR) is 106 cm³/mol. The highest BCUT2D eigenvalue weighted by molar-refractivity contribution is 5.94. The molecule has 0 aliphatic carbocycles. The van der Waals surface area contributed by atoms with Crippen LogP contribution in [0.1, 0.15) is 69.8 Å². The van der Waals surface area contributed by atoms with E-state index in [1.807, 2.05) is 45.0 Å². The van der Waals surface area contributed by atoms with Gasteiger partial charge in [-0.2, -0.15) is 0 Å². The smallest absolute Gasteiger partial charge is 0.251 e. The first-order chi connectivity index (χ1) is 11.9. The van der Waals surface area contributed by atoms with Crippen molar-refractivity contribution < 1.29 is 4.79 Å². The standard InChI is InChI=1S/C20H34N4O/c1-6-8-9-13-22-19(21-7-2)23-15-16-11-10-12-17(14-16)18(25)24-20(3,4)5/h10-12,14H,6-9,13,15H2,1-5H3,(H,24,25)(H2,21,22,23). The lowest BCUT2D eigenvalue weighted by atomic mass is 10.1. The lowest BCUT2D eigenvalue weighted by Gasteiger charge is -2.20. The van der Waals surface area contributed by atoms with Gasteiger partial charge in [0.1, 0.15) is 0 Å². The summed E-state index contributed by atoms with van der Waals surface area (Å²) in [7, 11) is 0. The maximum Gasteiger partial charge on any atom is 0.251 e. The summed E-state index contributed by atoms with van der Waals surface area (Å²) < 4.78 is 0. The minimum Gasteiger partial charge on any atom is -0.357 e. The fourth-order valence-electron chi connectivity index (χ4n) is 2.32. The Morgan fingerprint density at radius 3 is 2.52 bits per heavy atom. The summed E-state index contributed by atoms with van der Waals surface area (Å²) in [6.07, 6.45) is 3.57. The fourth-order valence-corrected chi connectivity index (χ4v) is 2.32. The minimum absolute atomic E-state index is 0.0528. The molecule has 0 atom stereocenters. The molecule has 0 aliphatic rings. The molecule has 5 nitrogen and oxygen atoms in total. The van der Waals surface area contributed by atoms with Crippen molar-refractivity contribution in [3.63, 3.8) is 0 Å². The Bertz CT molecular complexity index is 561. The van der Waals surface area contributed by atoms with Crippen LogP contribution in [0, 0.1) is 0 Å². The molecule has 0 bridgehead atoms. The first kappa shape index (κ1) is 21.0. The number of carbonyl (C=O) groups is 1. The van der Waals surface area contributed by atoms with Gasteiger partial charge in [0.25, 0.3) is 5.91 Å². The number of aliphatic imine (C=N–C) groups is 1. The van der Waals surface area contributed by atoms with Crippen LogP contribution in [0.3, 0.4) is 0 Å². The van der Waals surface area contributed by atoms with Gasteiger partial charge in [-0.15, -0.1) is 0 Å².